The maximum Gasteiger partial charge on any atom is 0.266 e. The van der Waals surface area contributed by atoms with Crippen molar-refractivity contribution in [3.05, 3.63) is 42.3 Å². The van der Waals surface area contributed by atoms with Crippen LogP contribution in [0.15, 0.2) is 36.5 Å². The molecule has 1 aromatic heterocycles. The van der Waals surface area contributed by atoms with Crippen molar-refractivity contribution in [3.8, 4) is 5.75 Å². The summed E-state index contributed by atoms with van der Waals surface area (Å²) in [5, 5.41) is 6.85. The van der Waals surface area contributed by atoms with Crippen molar-refractivity contribution in [3.63, 3.8) is 0 Å². The van der Waals surface area contributed by atoms with Crippen LogP contribution in [-0.2, 0) is 4.79 Å². The van der Waals surface area contributed by atoms with E-state index >= 15 is 0 Å². The van der Waals surface area contributed by atoms with Crippen LogP contribution in [0.1, 0.15) is 26.8 Å². The van der Waals surface area contributed by atoms with E-state index in [9.17, 15) is 9.18 Å². The highest BCUT2D eigenvalue weighted by molar-refractivity contribution is 5.93. The number of nitrogens with zero attached hydrogens (tertiary/aromatic N) is 2. The number of ether oxygens (including phenoxy) is 1. The minimum absolute atomic E-state index is 0.0533. The van der Waals surface area contributed by atoms with Crippen LogP contribution in [0.5, 0.6) is 5.75 Å². The van der Waals surface area contributed by atoms with Gasteiger partial charge in [-0.15, -0.1) is 0 Å². The van der Waals surface area contributed by atoms with E-state index in [0.29, 0.717) is 5.82 Å². The van der Waals surface area contributed by atoms with E-state index in [1.807, 2.05) is 13.8 Å². The van der Waals surface area contributed by atoms with Gasteiger partial charge in [-0.2, -0.15) is 5.10 Å². The number of anilines is 1. The van der Waals surface area contributed by atoms with E-state index in [4.69, 9.17) is 4.74 Å². The zero-order chi connectivity index (χ0) is 15.4. The van der Waals surface area contributed by atoms with Crippen LogP contribution in [0, 0.1) is 5.82 Å². The summed E-state index contributed by atoms with van der Waals surface area (Å²) in [4.78, 5) is 12.1. The number of para-hydroxylation sites is 1. The number of nitrogens with one attached hydrogen (secondary N) is 1. The first-order valence-corrected chi connectivity index (χ1v) is 6.74. The predicted octanol–water partition coefficient (Wildman–Crippen LogP) is 3.01. The molecule has 0 saturated carbocycles. The maximum atomic E-state index is 13.5. The first-order chi connectivity index (χ1) is 9.99. The molecule has 21 heavy (non-hydrogen) atoms. The van der Waals surface area contributed by atoms with Crippen LogP contribution in [0.2, 0.25) is 0 Å². The lowest BCUT2D eigenvalue weighted by Gasteiger charge is -2.16. The van der Waals surface area contributed by atoms with Crippen molar-refractivity contribution in [2.45, 2.75) is 32.9 Å². The van der Waals surface area contributed by atoms with Gasteiger partial charge in [0.05, 0.1) is 6.20 Å². The number of carbonyl (C=O) groups excluding carboxylic acids is 1. The Balaban J connectivity index is 2.03. The molecule has 1 atom stereocenters. The zero-order valence-electron chi connectivity index (χ0n) is 12.2. The summed E-state index contributed by atoms with van der Waals surface area (Å²) in [7, 11) is 0. The van der Waals surface area contributed by atoms with E-state index in [1.54, 1.807) is 36.0 Å². The standard InChI is InChI=1S/C15H18FN3O2/c1-10(2)19-14(8-9-17-19)18-15(20)11(3)21-13-7-5-4-6-12(13)16/h4-11H,1-3H3,(H,18,20)/t11-/m1/s1. The normalized spacial score (nSPS) is 12.2. The third-order valence-electron chi connectivity index (χ3n) is 2.92. The number of amides is 1. The van der Waals surface area contributed by atoms with Crippen LogP contribution in [0.25, 0.3) is 0 Å². The number of benzene rings is 1. The van der Waals surface area contributed by atoms with E-state index in [2.05, 4.69) is 10.4 Å². The molecule has 2 aromatic rings. The Kier molecular flexibility index (Phi) is 4.57. The van der Waals surface area contributed by atoms with Gasteiger partial charge in [0.2, 0.25) is 0 Å². The highest BCUT2D eigenvalue weighted by Gasteiger charge is 2.18. The molecule has 0 aliphatic carbocycles. The van der Waals surface area contributed by atoms with Crippen LogP contribution < -0.4 is 10.1 Å². The highest BCUT2D eigenvalue weighted by atomic mass is 19.1. The Bertz CT molecular complexity index is 625. The number of hydrogen-bond donors (Lipinski definition) is 1. The van der Waals surface area contributed by atoms with Gasteiger partial charge in [-0.3, -0.25) is 4.79 Å². The van der Waals surface area contributed by atoms with Crippen LogP contribution in [0.3, 0.4) is 0 Å². The Hall–Kier alpha value is -2.37. The third kappa shape index (κ3) is 3.59. The third-order valence-corrected chi connectivity index (χ3v) is 2.92. The Labute approximate surface area is 122 Å². The molecule has 5 nitrogen and oxygen atoms in total. The first kappa shape index (κ1) is 15.0. The van der Waals surface area contributed by atoms with Gasteiger partial charge >= 0.3 is 0 Å². The minimum Gasteiger partial charge on any atom is -0.478 e. The van der Waals surface area contributed by atoms with Gasteiger partial charge in [-0.05, 0) is 32.9 Å². The molecule has 0 bridgehead atoms. The Morgan fingerprint density at radius 2 is 2.00 bits per heavy atom. The summed E-state index contributed by atoms with van der Waals surface area (Å²) < 4.78 is 20.5. The molecule has 1 aromatic carbocycles. The average molecular weight is 291 g/mol. The fourth-order valence-corrected chi connectivity index (χ4v) is 1.84. The molecule has 1 N–H and O–H groups in total. The molecule has 0 aliphatic rings. The fraction of sp³-hybridized carbons (Fsp3) is 0.333. The second-order valence-corrected chi connectivity index (χ2v) is 4.93. The molecule has 6 heteroatoms. The van der Waals surface area contributed by atoms with Crippen molar-refractivity contribution < 1.29 is 13.9 Å². The first-order valence-electron chi connectivity index (χ1n) is 6.74. The molecular weight excluding hydrogens is 273 g/mol. The van der Waals surface area contributed by atoms with Crippen molar-refractivity contribution in [1.29, 1.82) is 0 Å². The SMILES string of the molecule is CC(C)n1nccc1NC(=O)[C@@H](C)Oc1ccccc1F. The monoisotopic (exact) mass is 291 g/mol. The number of carbonyl (C=O) groups is 1. The molecule has 1 amide bonds. The Morgan fingerprint density at radius 3 is 2.67 bits per heavy atom. The van der Waals surface area contributed by atoms with E-state index in [-0.39, 0.29) is 17.7 Å². The smallest absolute Gasteiger partial charge is 0.266 e. The fourth-order valence-electron chi connectivity index (χ4n) is 1.84. The number of aromatic nitrogens is 2. The lowest BCUT2D eigenvalue weighted by molar-refractivity contribution is -0.122. The molecule has 112 valence electrons. The summed E-state index contributed by atoms with van der Waals surface area (Å²) in [5.74, 6) is -0.221. The maximum absolute atomic E-state index is 13.5. The van der Waals surface area contributed by atoms with Gasteiger partial charge in [-0.1, -0.05) is 12.1 Å². The van der Waals surface area contributed by atoms with Gasteiger partial charge < -0.3 is 10.1 Å². The number of hydrogen-bond acceptors (Lipinski definition) is 3. The molecule has 0 fully saturated rings. The van der Waals surface area contributed by atoms with Gasteiger partial charge in [0.1, 0.15) is 5.82 Å². The summed E-state index contributed by atoms with van der Waals surface area (Å²) in [5.41, 5.74) is 0. The van der Waals surface area contributed by atoms with Crippen molar-refractivity contribution >= 4 is 11.7 Å². The molecule has 0 spiro atoms. The summed E-state index contributed by atoms with van der Waals surface area (Å²) in [6.07, 6.45) is 0.787. The second-order valence-electron chi connectivity index (χ2n) is 4.93. The molecule has 1 heterocycles. The zero-order valence-corrected chi connectivity index (χ0v) is 12.2. The molecule has 0 radical (unpaired) electrons. The van der Waals surface area contributed by atoms with E-state index in [0.717, 1.165) is 0 Å². The van der Waals surface area contributed by atoms with Crippen LogP contribution in [0.4, 0.5) is 10.2 Å². The lowest BCUT2D eigenvalue weighted by Crippen LogP contribution is -2.31. The number of halogens is 1. The summed E-state index contributed by atoms with van der Waals surface area (Å²) in [6.45, 7) is 5.49. The lowest BCUT2D eigenvalue weighted by atomic mass is 10.3. The van der Waals surface area contributed by atoms with Crippen LogP contribution in [-0.4, -0.2) is 21.8 Å². The molecule has 0 unspecified atom stereocenters. The van der Waals surface area contributed by atoms with E-state index in [1.165, 1.54) is 12.1 Å². The van der Waals surface area contributed by atoms with Crippen LogP contribution >= 0.6 is 0 Å². The summed E-state index contributed by atoms with van der Waals surface area (Å²) in [6, 6.07) is 7.81. The highest BCUT2D eigenvalue weighted by Crippen LogP contribution is 2.18. The number of rotatable bonds is 5. The average Bonchev–Trinajstić information content (AvgIpc) is 2.89. The molecular formula is C15H18FN3O2. The minimum atomic E-state index is -0.822. The summed E-state index contributed by atoms with van der Waals surface area (Å²) >= 11 is 0. The molecule has 2 rings (SSSR count). The van der Waals surface area contributed by atoms with Crippen molar-refractivity contribution in [2.24, 2.45) is 0 Å². The Morgan fingerprint density at radius 1 is 1.29 bits per heavy atom. The largest absolute Gasteiger partial charge is 0.478 e. The van der Waals surface area contributed by atoms with Crippen molar-refractivity contribution in [1.82, 2.24) is 9.78 Å². The quantitative estimate of drug-likeness (QED) is 0.921. The van der Waals surface area contributed by atoms with Crippen molar-refractivity contribution in [2.75, 3.05) is 5.32 Å². The van der Waals surface area contributed by atoms with Gasteiger partial charge in [0, 0.05) is 12.1 Å². The topological polar surface area (TPSA) is 56.2 Å². The van der Waals surface area contributed by atoms with Gasteiger partial charge in [0.15, 0.2) is 17.7 Å². The molecule has 0 aliphatic heterocycles. The predicted molar refractivity (Wildman–Crippen MR) is 77.7 cm³/mol. The molecule has 0 saturated heterocycles. The van der Waals surface area contributed by atoms with Gasteiger partial charge in [-0.25, -0.2) is 9.07 Å². The van der Waals surface area contributed by atoms with E-state index < -0.39 is 11.9 Å². The second kappa shape index (κ2) is 6.39. The van der Waals surface area contributed by atoms with Gasteiger partial charge in [0.25, 0.3) is 5.91 Å².